The summed E-state index contributed by atoms with van der Waals surface area (Å²) in [6.45, 7) is 4.45. The SMILES string of the molecule is CCCCC(C)=CCCBr. The lowest BCUT2D eigenvalue weighted by Crippen LogP contribution is -1.78. The summed E-state index contributed by atoms with van der Waals surface area (Å²) in [6, 6.07) is 0. The Kier molecular flexibility index (Phi) is 7.49. The van der Waals surface area contributed by atoms with Gasteiger partial charge in [-0.1, -0.05) is 40.9 Å². The zero-order valence-corrected chi connectivity index (χ0v) is 8.58. The largest absolute Gasteiger partial charge is 0.0925 e. The number of allylic oxidation sites excluding steroid dienone is 2. The first-order valence-corrected chi connectivity index (χ1v) is 5.15. The summed E-state index contributed by atoms with van der Waals surface area (Å²) in [5.74, 6) is 0. The van der Waals surface area contributed by atoms with Crippen molar-refractivity contribution in [3.8, 4) is 0 Å². The van der Waals surface area contributed by atoms with E-state index in [2.05, 4.69) is 35.9 Å². The second-order valence-electron chi connectivity index (χ2n) is 2.63. The third-order valence-electron chi connectivity index (χ3n) is 1.53. The fraction of sp³-hybridized carbons (Fsp3) is 0.778. The van der Waals surface area contributed by atoms with E-state index in [1.807, 2.05) is 0 Å². The van der Waals surface area contributed by atoms with E-state index >= 15 is 0 Å². The molecule has 0 radical (unpaired) electrons. The van der Waals surface area contributed by atoms with Gasteiger partial charge in [-0.2, -0.15) is 0 Å². The Balaban J connectivity index is 3.30. The van der Waals surface area contributed by atoms with Gasteiger partial charge in [-0.25, -0.2) is 0 Å². The van der Waals surface area contributed by atoms with Crippen molar-refractivity contribution in [2.45, 2.75) is 39.5 Å². The van der Waals surface area contributed by atoms with Gasteiger partial charge < -0.3 is 0 Å². The number of hydrogen-bond donors (Lipinski definition) is 0. The minimum absolute atomic E-state index is 1.09. The molecule has 0 aromatic heterocycles. The van der Waals surface area contributed by atoms with Gasteiger partial charge in [-0.3, -0.25) is 0 Å². The van der Waals surface area contributed by atoms with Crippen molar-refractivity contribution in [3.63, 3.8) is 0 Å². The summed E-state index contributed by atoms with van der Waals surface area (Å²) in [6.07, 6.45) is 7.42. The maximum atomic E-state index is 3.40. The molecular formula is C9H17Br. The summed E-state index contributed by atoms with van der Waals surface area (Å²) < 4.78 is 0. The van der Waals surface area contributed by atoms with Crippen LogP contribution in [0.3, 0.4) is 0 Å². The second kappa shape index (κ2) is 7.33. The molecule has 0 amide bonds. The maximum absolute atomic E-state index is 3.40. The lowest BCUT2D eigenvalue weighted by atomic mass is 10.1. The van der Waals surface area contributed by atoms with Gasteiger partial charge in [0.05, 0.1) is 0 Å². The van der Waals surface area contributed by atoms with Crippen LogP contribution in [0.15, 0.2) is 11.6 Å². The highest BCUT2D eigenvalue weighted by Crippen LogP contribution is 2.07. The highest BCUT2D eigenvalue weighted by Gasteiger charge is 1.87. The first-order valence-electron chi connectivity index (χ1n) is 4.02. The molecule has 0 saturated heterocycles. The Morgan fingerprint density at radius 3 is 2.70 bits per heavy atom. The van der Waals surface area contributed by atoms with E-state index in [9.17, 15) is 0 Å². The molecule has 0 heterocycles. The summed E-state index contributed by atoms with van der Waals surface area (Å²) in [5.41, 5.74) is 1.54. The van der Waals surface area contributed by atoms with Crippen LogP contribution in [0.2, 0.25) is 0 Å². The molecule has 1 heteroatoms. The van der Waals surface area contributed by atoms with Crippen molar-refractivity contribution in [1.29, 1.82) is 0 Å². The van der Waals surface area contributed by atoms with Crippen molar-refractivity contribution >= 4 is 15.9 Å². The molecule has 0 unspecified atom stereocenters. The molecule has 0 fully saturated rings. The predicted molar refractivity (Wildman–Crippen MR) is 51.7 cm³/mol. The van der Waals surface area contributed by atoms with Crippen LogP contribution in [0.4, 0.5) is 0 Å². The molecule has 0 nitrogen and oxygen atoms in total. The molecule has 0 aliphatic rings. The van der Waals surface area contributed by atoms with Crippen molar-refractivity contribution in [1.82, 2.24) is 0 Å². The smallest absolute Gasteiger partial charge is 0.00660 e. The molecule has 60 valence electrons. The van der Waals surface area contributed by atoms with Crippen LogP contribution in [-0.4, -0.2) is 5.33 Å². The van der Waals surface area contributed by atoms with Gasteiger partial charge in [-0.05, 0) is 26.2 Å². The lowest BCUT2D eigenvalue weighted by molar-refractivity contribution is 0.784. The normalized spacial score (nSPS) is 12.1. The molecule has 0 atom stereocenters. The average Bonchev–Trinajstić information content (AvgIpc) is 1.97. The molecule has 0 aliphatic carbocycles. The summed E-state index contributed by atoms with van der Waals surface area (Å²) >= 11 is 3.40. The minimum atomic E-state index is 1.09. The fourth-order valence-electron chi connectivity index (χ4n) is 0.859. The van der Waals surface area contributed by atoms with Crippen molar-refractivity contribution in [2.75, 3.05) is 5.33 Å². The molecule has 0 spiro atoms. The number of unbranched alkanes of at least 4 members (excludes halogenated alkanes) is 1. The molecule has 0 aromatic rings. The Bertz CT molecular complexity index is 94.9. The minimum Gasteiger partial charge on any atom is -0.0925 e. The quantitative estimate of drug-likeness (QED) is 0.471. The topological polar surface area (TPSA) is 0 Å². The third kappa shape index (κ3) is 6.34. The molecule has 0 saturated carbocycles. The van der Waals surface area contributed by atoms with E-state index in [4.69, 9.17) is 0 Å². The standard InChI is InChI=1S/C9H17Br/c1-3-4-6-9(2)7-5-8-10/h7H,3-6,8H2,1-2H3. The van der Waals surface area contributed by atoms with E-state index < -0.39 is 0 Å². The van der Waals surface area contributed by atoms with Gasteiger partial charge in [-0.15, -0.1) is 0 Å². The van der Waals surface area contributed by atoms with Gasteiger partial charge in [0.1, 0.15) is 0 Å². The average molecular weight is 205 g/mol. The molecular weight excluding hydrogens is 188 g/mol. The monoisotopic (exact) mass is 204 g/mol. The van der Waals surface area contributed by atoms with Crippen LogP contribution >= 0.6 is 15.9 Å². The fourth-order valence-corrected chi connectivity index (χ4v) is 1.09. The van der Waals surface area contributed by atoms with Gasteiger partial charge in [0, 0.05) is 5.33 Å². The summed E-state index contributed by atoms with van der Waals surface area (Å²) in [4.78, 5) is 0. The van der Waals surface area contributed by atoms with Crippen molar-refractivity contribution in [3.05, 3.63) is 11.6 Å². The van der Waals surface area contributed by atoms with Crippen molar-refractivity contribution in [2.24, 2.45) is 0 Å². The number of hydrogen-bond acceptors (Lipinski definition) is 0. The van der Waals surface area contributed by atoms with Gasteiger partial charge >= 0.3 is 0 Å². The lowest BCUT2D eigenvalue weighted by Gasteiger charge is -1.97. The van der Waals surface area contributed by atoms with Crippen LogP contribution in [0.1, 0.15) is 39.5 Å². The third-order valence-corrected chi connectivity index (χ3v) is 1.98. The zero-order chi connectivity index (χ0) is 7.82. The van der Waals surface area contributed by atoms with E-state index in [1.165, 1.54) is 25.7 Å². The Labute approximate surface area is 72.8 Å². The van der Waals surface area contributed by atoms with E-state index in [0.29, 0.717) is 0 Å². The highest BCUT2D eigenvalue weighted by molar-refractivity contribution is 9.09. The Morgan fingerprint density at radius 1 is 1.50 bits per heavy atom. The van der Waals surface area contributed by atoms with Crippen LogP contribution in [0, 0.1) is 0 Å². The Hall–Kier alpha value is 0.220. The molecule has 10 heavy (non-hydrogen) atoms. The number of alkyl halides is 1. The number of halogens is 1. The second-order valence-corrected chi connectivity index (χ2v) is 3.42. The van der Waals surface area contributed by atoms with Gasteiger partial charge in [0.15, 0.2) is 0 Å². The predicted octanol–water partition coefficient (Wildman–Crippen LogP) is 3.91. The Morgan fingerprint density at radius 2 is 2.20 bits per heavy atom. The van der Waals surface area contributed by atoms with Crippen LogP contribution in [0.25, 0.3) is 0 Å². The first kappa shape index (κ1) is 10.2. The molecule has 0 N–H and O–H groups in total. The van der Waals surface area contributed by atoms with E-state index in [-0.39, 0.29) is 0 Å². The zero-order valence-electron chi connectivity index (χ0n) is 6.99. The highest BCUT2D eigenvalue weighted by atomic mass is 79.9. The van der Waals surface area contributed by atoms with Crippen LogP contribution in [0.5, 0.6) is 0 Å². The summed E-state index contributed by atoms with van der Waals surface area (Å²) in [5, 5.41) is 1.09. The molecule has 0 rings (SSSR count). The van der Waals surface area contributed by atoms with E-state index in [1.54, 1.807) is 5.57 Å². The number of rotatable bonds is 5. The van der Waals surface area contributed by atoms with Crippen LogP contribution < -0.4 is 0 Å². The molecule has 0 aromatic carbocycles. The van der Waals surface area contributed by atoms with Gasteiger partial charge in [0.25, 0.3) is 0 Å². The molecule has 0 aliphatic heterocycles. The molecule has 0 bridgehead atoms. The summed E-state index contributed by atoms with van der Waals surface area (Å²) in [7, 11) is 0. The van der Waals surface area contributed by atoms with Crippen LogP contribution in [-0.2, 0) is 0 Å². The van der Waals surface area contributed by atoms with Crippen molar-refractivity contribution < 1.29 is 0 Å². The van der Waals surface area contributed by atoms with E-state index in [0.717, 1.165) is 5.33 Å². The first-order chi connectivity index (χ1) is 4.81. The maximum Gasteiger partial charge on any atom is 0.00660 e. The van der Waals surface area contributed by atoms with Gasteiger partial charge in [0.2, 0.25) is 0 Å².